The summed E-state index contributed by atoms with van der Waals surface area (Å²) in [7, 11) is 0. The second-order valence-corrected chi connectivity index (χ2v) is 4.77. The summed E-state index contributed by atoms with van der Waals surface area (Å²) in [4.78, 5) is 14.3. The zero-order valence-electron chi connectivity index (χ0n) is 12.0. The van der Waals surface area contributed by atoms with E-state index in [0.717, 1.165) is 22.3 Å². The molecule has 114 valence electrons. The molecule has 1 aromatic heterocycles. The number of aromatic nitrogens is 4. The number of carbonyl (C=O) groups is 1. The van der Waals surface area contributed by atoms with Gasteiger partial charge in [0.2, 0.25) is 5.82 Å². The molecule has 0 aliphatic rings. The lowest BCUT2D eigenvalue weighted by molar-refractivity contribution is -0.135. The molecule has 0 saturated heterocycles. The second kappa shape index (κ2) is 6.61. The van der Waals surface area contributed by atoms with Crippen LogP contribution in [0.2, 0.25) is 0 Å². The third-order valence-corrected chi connectivity index (χ3v) is 3.20. The summed E-state index contributed by atoms with van der Waals surface area (Å²) in [6.07, 6.45) is 1.54. The van der Waals surface area contributed by atoms with Gasteiger partial charge in [0, 0.05) is 11.8 Å². The SMILES string of the molecule is O=C(O)CN=Cc1ccc(-c2ccccc2-c2nn[nH]n2)cc1. The fourth-order valence-corrected chi connectivity index (χ4v) is 2.18. The minimum absolute atomic E-state index is 0.234. The number of nitrogens with zero attached hydrogens (tertiary/aromatic N) is 4. The Morgan fingerprint density at radius 1 is 1.13 bits per heavy atom. The van der Waals surface area contributed by atoms with Gasteiger partial charge in [0.05, 0.1) is 0 Å². The molecule has 23 heavy (non-hydrogen) atoms. The standard InChI is InChI=1S/C16H13N5O2/c22-15(23)10-17-9-11-5-7-12(8-6-11)13-3-1-2-4-14(13)16-18-20-21-19-16/h1-9H,10H2,(H,22,23)(H,18,19,20,21). The van der Waals surface area contributed by atoms with Gasteiger partial charge in [0.25, 0.3) is 0 Å². The Balaban J connectivity index is 1.89. The Hall–Kier alpha value is -3.35. The van der Waals surface area contributed by atoms with E-state index in [1.807, 2.05) is 48.5 Å². The first-order valence-corrected chi connectivity index (χ1v) is 6.89. The fraction of sp³-hybridized carbons (Fsp3) is 0.0625. The highest BCUT2D eigenvalue weighted by molar-refractivity contribution is 5.85. The van der Waals surface area contributed by atoms with Crippen molar-refractivity contribution in [1.82, 2.24) is 20.6 Å². The molecule has 0 aliphatic carbocycles. The van der Waals surface area contributed by atoms with Crippen LogP contribution in [0.15, 0.2) is 53.5 Å². The van der Waals surface area contributed by atoms with Crippen molar-refractivity contribution >= 4 is 12.2 Å². The molecule has 7 nitrogen and oxygen atoms in total. The topological polar surface area (TPSA) is 104 Å². The summed E-state index contributed by atoms with van der Waals surface area (Å²) in [5.41, 5.74) is 3.71. The maximum atomic E-state index is 10.4. The predicted octanol–water partition coefficient (Wildman–Crippen LogP) is 2.04. The average Bonchev–Trinajstić information content (AvgIpc) is 3.10. The number of hydrogen-bond acceptors (Lipinski definition) is 5. The van der Waals surface area contributed by atoms with Crippen LogP contribution in [0.3, 0.4) is 0 Å². The van der Waals surface area contributed by atoms with Crippen LogP contribution in [0.5, 0.6) is 0 Å². The van der Waals surface area contributed by atoms with Gasteiger partial charge in [-0.25, -0.2) is 0 Å². The van der Waals surface area contributed by atoms with Crippen LogP contribution in [-0.4, -0.2) is 44.5 Å². The van der Waals surface area contributed by atoms with Crippen molar-refractivity contribution in [3.63, 3.8) is 0 Å². The molecule has 0 fully saturated rings. The van der Waals surface area contributed by atoms with Crippen molar-refractivity contribution in [2.45, 2.75) is 0 Å². The highest BCUT2D eigenvalue weighted by Gasteiger charge is 2.10. The number of carboxylic acids is 1. The fourth-order valence-electron chi connectivity index (χ4n) is 2.18. The van der Waals surface area contributed by atoms with Gasteiger partial charge in [0.1, 0.15) is 6.54 Å². The van der Waals surface area contributed by atoms with Crippen LogP contribution in [0, 0.1) is 0 Å². The van der Waals surface area contributed by atoms with Gasteiger partial charge in [-0.2, -0.15) is 5.21 Å². The molecule has 0 aliphatic heterocycles. The highest BCUT2D eigenvalue weighted by atomic mass is 16.4. The molecule has 0 bridgehead atoms. The Bertz CT molecular complexity index is 826. The number of aromatic amines is 1. The first-order valence-electron chi connectivity index (χ1n) is 6.89. The number of aliphatic imine (C=N–C) groups is 1. The van der Waals surface area contributed by atoms with Crippen LogP contribution in [0.4, 0.5) is 0 Å². The van der Waals surface area contributed by atoms with E-state index in [9.17, 15) is 4.79 Å². The van der Waals surface area contributed by atoms with Gasteiger partial charge in [-0.1, -0.05) is 48.5 Å². The second-order valence-electron chi connectivity index (χ2n) is 4.77. The maximum Gasteiger partial charge on any atom is 0.325 e. The van der Waals surface area contributed by atoms with Crippen molar-refractivity contribution in [1.29, 1.82) is 0 Å². The van der Waals surface area contributed by atoms with Crippen LogP contribution in [0.25, 0.3) is 22.5 Å². The Morgan fingerprint density at radius 2 is 1.87 bits per heavy atom. The molecule has 0 radical (unpaired) electrons. The Labute approximate surface area is 131 Å². The Morgan fingerprint density at radius 3 is 2.52 bits per heavy atom. The number of H-pyrrole nitrogens is 1. The first-order chi connectivity index (χ1) is 11.2. The molecule has 0 atom stereocenters. The summed E-state index contributed by atoms with van der Waals surface area (Å²) in [5, 5.41) is 22.7. The average molecular weight is 307 g/mol. The maximum absolute atomic E-state index is 10.4. The van der Waals surface area contributed by atoms with E-state index in [4.69, 9.17) is 5.11 Å². The zero-order valence-corrected chi connectivity index (χ0v) is 12.0. The molecule has 1 heterocycles. The molecule has 0 spiro atoms. The highest BCUT2D eigenvalue weighted by Crippen LogP contribution is 2.29. The van der Waals surface area contributed by atoms with Crippen molar-refractivity contribution < 1.29 is 9.90 Å². The molecule has 2 N–H and O–H groups in total. The summed E-state index contributed by atoms with van der Waals surface area (Å²) in [5.74, 6) is -0.417. The Kier molecular flexibility index (Phi) is 4.19. The van der Waals surface area contributed by atoms with Crippen LogP contribution in [0.1, 0.15) is 5.56 Å². The molecule has 3 rings (SSSR count). The number of tetrazole rings is 1. The van der Waals surface area contributed by atoms with Crippen LogP contribution >= 0.6 is 0 Å². The summed E-state index contributed by atoms with van der Waals surface area (Å²) >= 11 is 0. The minimum atomic E-state index is -0.952. The van der Waals surface area contributed by atoms with E-state index < -0.39 is 5.97 Å². The summed E-state index contributed by atoms with van der Waals surface area (Å²) < 4.78 is 0. The number of nitrogens with one attached hydrogen (secondary N) is 1. The lowest BCUT2D eigenvalue weighted by Gasteiger charge is -2.06. The van der Waals surface area contributed by atoms with E-state index in [0.29, 0.717) is 5.82 Å². The van der Waals surface area contributed by atoms with Crippen LogP contribution < -0.4 is 0 Å². The van der Waals surface area contributed by atoms with Crippen molar-refractivity contribution in [2.24, 2.45) is 4.99 Å². The van der Waals surface area contributed by atoms with Gasteiger partial charge in [0.15, 0.2) is 0 Å². The zero-order chi connectivity index (χ0) is 16.1. The van der Waals surface area contributed by atoms with Crippen LogP contribution in [-0.2, 0) is 4.79 Å². The van der Waals surface area contributed by atoms with Gasteiger partial charge in [-0.3, -0.25) is 9.79 Å². The van der Waals surface area contributed by atoms with Gasteiger partial charge in [-0.15, -0.1) is 10.2 Å². The number of rotatable bonds is 5. The van der Waals surface area contributed by atoms with Gasteiger partial charge in [-0.05, 0) is 21.9 Å². The molecule has 2 aromatic carbocycles. The smallest absolute Gasteiger partial charge is 0.325 e. The largest absolute Gasteiger partial charge is 0.480 e. The molecular formula is C16H13N5O2. The summed E-state index contributed by atoms with van der Waals surface area (Å²) in [6, 6.07) is 15.4. The van der Waals surface area contributed by atoms with Crippen molar-refractivity contribution in [3.05, 3.63) is 54.1 Å². The number of benzene rings is 2. The number of carboxylic acid groups (broad SMARTS) is 1. The minimum Gasteiger partial charge on any atom is -0.480 e. The van der Waals surface area contributed by atoms with Crippen molar-refractivity contribution in [2.75, 3.05) is 6.54 Å². The molecule has 7 heteroatoms. The molecule has 3 aromatic rings. The summed E-state index contributed by atoms with van der Waals surface area (Å²) in [6.45, 7) is -0.234. The number of hydrogen-bond donors (Lipinski definition) is 2. The normalized spacial score (nSPS) is 11.0. The van der Waals surface area contributed by atoms with E-state index in [1.54, 1.807) is 6.21 Å². The molecule has 0 unspecified atom stereocenters. The van der Waals surface area contributed by atoms with E-state index in [2.05, 4.69) is 25.6 Å². The third-order valence-electron chi connectivity index (χ3n) is 3.20. The lowest BCUT2D eigenvalue weighted by atomic mass is 9.98. The quantitative estimate of drug-likeness (QED) is 0.702. The number of aliphatic carboxylic acids is 1. The predicted molar refractivity (Wildman–Crippen MR) is 85.1 cm³/mol. The molecular weight excluding hydrogens is 294 g/mol. The van der Waals surface area contributed by atoms with E-state index in [1.165, 1.54) is 0 Å². The van der Waals surface area contributed by atoms with Gasteiger partial charge >= 0.3 is 5.97 Å². The lowest BCUT2D eigenvalue weighted by Crippen LogP contribution is -1.99. The van der Waals surface area contributed by atoms with Crippen molar-refractivity contribution in [3.8, 4) is 22.5 Å². The van der Waals surface area contributed by atoms with Gasteiger partial charge < -0.3 is 5.11 Å². The molecule has 0 saturated carbocycles. The monoisotopic (exact) mass is 307 g/mol. The van der Waals surface area contributed by atoms with E-state index in [-0.39, 0.29) is 6.54 Å². The first kappa shape index (κ1) is 14.6. The van der Waals surface area contributed by atoms with E-state index >= 15 is 0 Å². The third kappa shape index (κ3) is 3.46. The molecule has 0 amide bonds.